The number of nitrogens with zero attached hydrogens (tertiary/aromatic N) is 1. The summed E-state index contributed by atoms with van der Waals surface area (Å²) in [5.41, 5.74) is 0.913. The number of benzene rings is 1. The summed E-state index contributed by atoms with van der Waals surface area (Å²) in [6, 6.07) is 9.12. The Labute approximate surface area is 90.4 Å². The summed E-state index contributed by atoms with van der Waals surface area (Å²) >= 11 is 0. The van der Waals surface area contributed by atoms with E-state index in [-0.39, 0.29) is 12.1 Å². The maximum absolute atomic E-state index is 10.7. The molecule has 0 N–H and O–H groups in total. The lowest BCUT2D eigenvalue weighted by Crippen LogP contribution is -2.12. The van der Waals surface area contributed by atoms with Crippen LogP contribution in [0, 0.1) is 4.91 Å². The van der Waals surface area contributed by atoms with Crippen LogP contribution in [-0.2, 0) is 4.74 Å². The zero-order valence-corrected chi connectivity index (χ0v) is 9.22. The monoisotopic (exact) mass is 207 g/mol. The third-order valence-corrected chi connectivity index (χ3v) is 2.43. The lowest BCUT2D eigenvalue weighted by Gasteiger charge is -2.14. The first-order valence-electron chi connectivity index (χ1n) is 5.27. The summed E-state index contributed by atoms with van der Waals surface area (Å²) in [5.74, 6) is 0. The maximum Gasteiger partial charge on any atom is 0.140 e. The van der Waals surface area contributed by atoms with Gasteiger partial charge in [0.25, 0.3) is 0 Å². The molecule has 1 rings (SSSR count). The topological polar surface area (TPSA) is 38.7 Å². The third-order valence-electron chi connectivity index (χ3n) is 2.43. The number of hydrogen-bond donors (Lipinski definition) is 0. The molecule has 1 aromatic carbocycles. The summed E-state index contributed by atoms with van der Waals surface area (Å²) in [4.78, 5) is 10.7. The van der Waals surface area contributed by atoms with E-state index in [0.29, 0.717) is 6.61 Å². The SMILES string of the molecule is CCC(C)OCC(N=O)c1ccccc1. The number of hydrogen-bond acceptors (Lipinski definition) is 3. The zero-order valence-electron chi connectivity index (χ0n) is 9.22. The largest absolute Gasteiger partial charge is 0.376 e. The van der Waals surface area contributed by atoms with E-state index in [4.69, 9.17) is 4.74 Å². The molecule has 0 aliphatic heterocycles. The minimum Gasteiger partial charge on any atom is -0.376 e. The normalized spacial score (nSPS) is 14.5. The second-order valence-corrected chi connectivity index (χ2v) is 3.58. The summed E-state index contributed by atoms with van der Waals surface area (Å²) in [7, 11) is 0. The van der Waals surface area contributed by atoms with E-state index in [2.05, 4.69) is 12.1 Å². The fourth-order valence-corrected chi connectivity index (χ4v) is 1.24. The van der Waals surface area contributed by atoms with Crippen LogP contribution in [0.15, 0.2) is 35.5 Å². The van der Waals surface area contributed by atoms with E-state index in [1.807, 2.05) is 37.3 Å². The van der Waals surface area contributed by atoms with Crippen molar-refractivity contribution in [1.82, 2.24) is 0 Å². The summed E-state index contributed by atoms with van der Waals surface area (Å²) in [5, 5.41) is 3.09. The molecule has 0 saturated heterocycles. The van der Waals surface area contributed by atoms with Gasteiger partial charge >= 0.3 is 0 Å². The molecule has 3 nitrogen and oxygen atoms in total. The van der Waals surface area contributed by atoms with Crippen LogP contribution in [0.5, 0.6) is 0 Å². The van der Waals surface area contributed by atoms with E-state index in [1.165, 1.54) is 0 Å². The van der Waals surface area contributed by atoms with E-state index < -0.39 is 0 Å². The van der Waals surface area contributed by atoms with Crippen molar-refractivity contribution in [2.24, 2.45) is 5.18 Å². The van der Waals surface area contributed by atoms with Gasteiger partial charge in [-0.25, -0.2) is 0 Å². The van der Waals surface area contributed by atoms with Crippen molar-refractivity contribution < 1.29 is 4.74 Å². The quantitative estimate of drug-likeness (QED) is 0.671. The average Bonchev–Trinajstić information content (AvgIpc) is 2.31. The Balaban J connectivity index is 2.53. The van der Waals surface area contributed by atoms with Crippen LogP contribution < -0.4 is 0 Å². The van der Waals surface area contributed by atoms with Crippen LogP contribution in [0.3, 0.4) is 0 Å². The predicted molar refractivity (Wildman–Crippen MR) is 60.7 cm³/mol. The van der Waals surface area contributed by atoms with E-state index in [0.717, 1.165) is 12.0 Å². The third kappa shape index (κ3) is 3.80. The number of rotatable bonds is 6. The molecular weight excluding hydrogens is 190 g/mol. The number of nitroso groups, excluding NO2 is 1. The van der Waals surface area contributed by atoms with Crippen LogP contribution in [0.25, 0.3) is 0 Å². The maximum atomic E-state index is 10.7. The highest BCUT2D eigenvalue weighted by molar-refractivity contribution is 5.18. The standard InChI is InChI=1S/C12H17NO2/c1-3-10(2)15-9-12(13-14)11-7-5-4-6-8-11/h4-8,10,12H,3,9H2,1-2H3. The van der Waals surface area contributed by atoms with E-state index in [9.17, 15) is 4.91 Å². The first-order valence-corrected chi connectivity index (χ1v) is 5.27. The molecule has 0 heterocycles. The van der Waals surface area contributed by atoms with Gasteiger partial charge in [0.2, 0.25) is 0 Å². The highest BCUT2D eigenvalue weighted by Crippen LogP contribution is 2.17. The van der Waals surface area contributed by atoms with Crippen LogP contribution in [0.4, 0.5) is 0 Å². The second kappa shape index (κ2) is 6.30. The molecule has 2 unspecified atom stereocenters. The molecule has 0 bridgehead atoms. The lowest BCUT2D eigenvalue weighted by molar-refractivity contribution is 0.0540. The van der Waals surface area contributed by atoms with Crippen molar-refractivity contribution in [1.29, 1.82) is 0 Å². The van der Waals surface area contributed by atoms with Crippen LogP contribution in [-0.4, -0.2) is 12.7 Å². The van der Waals surface area contributed by atoms with Crippen LogP contribution in [0.1, 0.15) is 31.9 Å². The first-order chi connectivity index (χ1) is 7.27. The lowest BCUT2D eigenvalue weighted by atomic mass is 10.1. The minimum absolute atomic E-state index is 0.179. The van der Waals surface area contributed by atoms with Crippen LogP contribution in [0.2, 0.25) is 0 Å². The molecule has 0 spiro atoms. The van der Waals surface area contributed by atoms with Gasteiger partial charge in [-0.3, -0.25) is 0 Å². The molecular formula is C12H17NO2. The molecule has 0 fully saturated rings. The second-order valence-electron chi connectivity index (χ2n) is 3.58. The van der Waals surface area contributed by atoms with Crippen molar-refractivity contribution in [3.05, 3.63) is 40.8 Å². The molecule has 82 valence electrons. The Morgan fingerprint density at radius 1 is 1.33 bits per heavy atom. The van der Waals surface area contributed by atoms with Gasteiger partial charge in [0, 0.05) is 0 Å². The van der Waals surface area contributed by atoms with Gasteiger partial charge in [0.1, 0.15) is 6.04 Å². The molecule has 3 heteroatoms. The Morgan fingerprint density at radius 2 is 2.00 bits per heavy atom. The van der Waals surface area contributed by atoms with Gasteiger partial charge in [-0.05, 0) is 18.9 Å². The molecule has 0 amide bonds. The predicted octanol–water partition coefficient (Wildman–Crippen LogP) is 3.31. The van der Waals surface area contributed by atoms with Gasteiger partial charge in [-0.15, -0.1) is 0 Å². The Morgan fingerprint density at radius 3 is 2.53 bits per heavy atom. The molecule has 2 atom stereocenters. The highest BCUT2D eigenvalue weighted by Gasteiger charge is 2.12. The molecule has 0 aromatic heterocycles. The van der Waals surface area contributed by atoms with Gasteiger partial charge in [0.05, 0.1) is 12.7 Å². The first kappa shape index (κ1) is 11.9. The minimum atomic E-state index is -0.389. The Kier molecular flexibility index (Phi) is 4.98. The Bertz CT molecular complexity index is 287. The van der Waals surface area contributed by atoms with Crippen molar-refractivity contribution in [2.45, 2.75) is 32.4 Å². The molecule has 15 heavy (non-hydrogen) atoms. The van der Waals surface area contributed by atoms with Crippen molar-refractivity contribution >= 4 is 0 Å². The summed E-state index contributed by atoms with van der Waals surface area (Å²) < 4.78 is 5.50. The molecule has 0 aliphatic rings. The molecule has 1 aromatic rings. The fourth-order valence-electron chi connectivity index (χ4n) is 1.24. The average molecular weight is 207 g/mol. The van der Waals surface area contributed by atoms with Crippen molar-refractivity contribution in [3.63, 3.8) is 0 Å². The van der Waals surface area contributed by atoms with Gasteiger partial charge in [0.15, 0.2) is 0 Å². The van der Waals surface area contributed by atoms with Gasteiger partial charge in [-0.1, -0.05) is 42.4 Å². The van der Waals surface area contributed by atoms with Crippen molar-refractivity contribution in [3.8, 4) is 0 Å². The molecule has 0 saturated carbocycles. The summed E-state index contributed by atoms with van der Waals surface area (Å²) in [6.45, 7) is 4.41. The zero-order chi connectivity index (χ0) is 11.1. The Hall–Kier alpha value is -1.22. The smallest absolute Gasteiger partial charge is 0.140 e. The van der Waals surface area contributed by atoms with Crippen LogP contribution >= 0.6 is 0 Å². The fraction of sp³-hybridized carbons (Fsp3) is 0.500. The van der Waals surface area contributed by atoms with Crippen molar-refractivity contribution in [2.75, 3.05) is 6.61 Å². The van der Waals surface area contributed by atoms with E-state index in [1.54, 1.807) is 0 Å². The number of ether oxygens (including phenoxy) is 1. The van der Waals surface area contributed by atoms with Gasteiger partial charge in [-0.2, -0.15) is 4.91 Å². The molecule has 0 aliphatic carbocycles. The van der Waals surface area contributed by atoms with Gasteiger partial charge < -0.3 is 4.74 Å². The molecule has 0 radical (unpaired) electrons. The van der Waals surface area contributed by atoms with E-state index >= 15 is 0 Å². The highest BCUT2D eigenvalue weighted by atomic mass is 16.5. The summed E-state index contributed by atoms with van der Waals surface area (Å²) in [6.07, 6.45) is 1.12.